The van der Waals surface area contributed by atoms with E-state index in [4.69, 9.17) is 22.3 Å². The van der Waals surface area contributed by atoms with Gasteiger partial charge < -0.3 is 10.6 Å². The van der Waals surface area contributed by atoms with Crippen molar-refractivity contribution in [1.82, 2.24) is 9.97 Å². The first kappa shape index (κ1) is 19.4. The van der Waals surface area contributed by atoms with Crippen LogP contribution in [0, 0.1) is 12.8 Å². The molecule has 2 aromatic rings. The number of nitrogens with two attached hydrogens (primary N) is 1. The van der Waals surface area contributed by atoms with E-state index in [0.29, 0.717) is 47.7 Å². The van der Waals surface area contributed by atoms with Gasteiger partial charge in [0.1, 0.15) is 5.69 Å². The minimum Gasteiger partial charge on any atom is -0.354 e. The largest absolute Gasteiger partial charge is 0.354 e. The molecule has 2 aliphatic rings. The quantitative estimate of drug-likeness (QED) is 0.743. The molecule has 0 spiro atoms. The second-order valence-electron chi connectivity index (χ2n) is 7.58. The number of halogens is 1. The van der Waals surface area contributed by atoms with Gasteiger partial charge in [-0.15, -0.1) is 0 Å². The van der Waals surface area contributed by atoms with Crippen molar-refractivity contribution < 1.29 is 8.42 Å². The third-order valence-corrected chi connectivity index (χ3v) is 7.59. The van der Waals surface area contributed by atoms with E-state index in [1.165, 1.54) is 0 Å². The Morgan fingerprint density at radius 1 is 1.32 bits per heavy atom. The molecule has 1 atom stereocenters. The predicted octanol–water partition coefficient (Wildman–Crippen LogP) is 2.79. The van der Waals surface area contributed by atoms with E-state index in [2.05, 4.69) is 14.6 Å². The highest BCUT2D eigenvalue weighted by atomic mass is 35.5. The summed E-state index contributed by atoms with van der Waals surface area (Å²) in [6, 6.07) is 5.67. The van der Waals surface area contributed by atoms with Crippen LogP contribution in [-0.2, 0) is 10.0 Å². The maximum absolute atomic E-state index is 12.5. The molecule has 9 heteroatoms. The number of hydrogen-bond donors (Lipinski definition) is 2. The van der Waals surface area contributed by atoms with Crippen LogP contribution < -0.4 is 15.4 Å². The van der Waals surface area contributed by atoms with Gasteiger partial charge in [0.2, 0.25) is 10.0 Å². The summed E-state index contributed by atoms with van der Waals surface area (Å²) < 4.78 is 27.6. The third kappa shape index (κ3) is 3.94. The Labute approximate surface area is 170 Å². The van der Waals surface area contributed by atoms with Crippen LogP contribution in [-0.4, -0.2) is 43.3 Å². The van der Waals surface area contributed by atoms with E-state index in [1.54, 1.807) is 6.20 Å². The Bertz CT molecular complexity index is 994. The molecule has 0 amide bonds. The van der Waals surface area contributed by atoms with Crippen LogP contribution in [0.15, 0.2) is 24.4 Å². The number of aromatic nitrogens is 2. The molecule has 1 saturated heterocycles. The molecule has 1 aromatic heterocycles. The number of nitrogens with zero attached hydrogens (tertiary/aromatic N) is 3. The summed E-state index contributed by atoms with van der Waals surface area (Å²) in [5.74, 6) is 1.49. The highest BCUT2D eigenvalue weighted by Crippen LogP contribution is 2.35. The van der Waals surface area contributed by atoms with Crippen molar-refractivity contribution >= 4 is 33.1 Å². The maximum Gasteiger partial charge on any atom is 0.235 e. The lowest BCUT2D eigenvalue weighted by Gasteiger charge is -2.22. The van der Waals surface area contributed by atoms with Crippen molar-refractivity contribution in [2.45, 2.75) is 31.4 Å². The lowest BCUT2D eigenvalue weighted by Crippen LogP contribution is -2.26. The number of sulfonamides is 1. The smallest absolute Gasteiger partial charge is 0.235 e. The molecule has 1 aromatic carbocycles. The molecule has 1 saturated carbocycles. The molecule has 2 heterocycles. The molecular weight excluding hydrogens is 398 g/mol. The molecule has 28 heavy (non-hydrogen) atoms. The lowest BCUT2D eigenvalue weighted by atomic mass is 10.1. The Balaban J connectivity index is 1.72. The Hall–Kier alpha value is -1.90. The van der Waals surface area contributed by atoms with Gasteiger partial charge >= 0.3 is 0 Å². The van der Waals surface area contributed by atoms with Crippen molar-refractivity contribution in [3.8, 4) is 11.4 Å². The zero-order valence-electron chi connectivity index (χ0n) is 15.7. The van der Waals surface area contributed by atoms with Crippen molar-refractivity contribution in [2.24, 2.45) is 11.7 Å². The van der Waals surface area contributed by atoms with E-state index in [0.717, 1.165) is 30.6 Å². The van der Waals surface area contributed by atoms with Crippen LogP contribution in [0.5, 0.6) is 0 Å². The molecule has 0 radical (unpaired) electrons. The fraction of sp³-hybridized carbons (Fsp3) is 0.474. The van der Waals surface area contributed by atoms with Gasteiger partial charge in [0, 0.05) is 23.7 Å². The highest BCUT2D eigenvalue weighted by Gasteiger charge is 2.37. The highest BCUT2D eigenvalue weighted by molar-refractivity contribution is 7.93. The predicted molar refractivity (Wildman–Crippen MR) is 112 cm³/mol. The summed E-state index contributed by atoms with van der Waals surface area (Å²) in [4.78, 5) is 11.2. The van der Waals surface area contributed by atoms with Gasteiger partial charge in [-0.2, -0.15) is 0 Å². The zero-order chi connectivity index (χ0) is 19.9. The van der Waals surface area contributed by atoms with Gasteiger partial charge in [-0.1, -0.05) is 23.7 Å². The maximum atomic E-state index is 12.5. The van der Waals surface area contributed by atoms with Gasteiger partial charge in [-0.25, -0.2) is 18.4 Å². The van der Waals surface area contributed by atoms with Crippen LogP contribution in [0.2, 0.25) is 5.02 Å². The Kier molecular flexibility index (Phi) is 5.20. The SMILES string of the molecule is Cc1ccc(-c2ncc(NS(=O)(=O)C3CC3)c(N3CCC(CN)C3)n2)cc1Cl. The standard InChI is InChI=1S/C19H24ClN5O2S/c1-12-2-3-14(8-16(12)20)18-22-10-17(24-28(26,27)15-4-5-15)19(23-18)25-7-6-13(9-21)11-25/h2-3,8,10,13,15,24H,4-7,9,11,21H2,1H3. The first-order chi connectivity index (χ1) is 13.4. The van der Waals surface area contributed by atoms with Crippen molar-refractivity contribution in [1.29, 1.82) is 0 Å². The van der Waals surface area contributed by atoms with E-state index in [1.807, 2.05) is 25.1 Å². The minimum absolute atomic E-state index is 0.314. The summed E-state index contributed by atoms with van der Waals surface area (Å²) in [6.07, 6.45) is 3.91. The van der Waals surface area contributed by atoms with E-state index >= 15 is 0 Å². The number of aryl methyl sites for hydroxylation is 1. The molecule has 150 valence electrons. The Morgan fingerprint density at radius 3 is 2.75 bits per heavy atom. The monoisotopic (exact) mass is 421 g/mol. The van der Waals surface area contributed by atoms with Gasteiger partial charge in [-0.3, -0.25) is 4.72 Å². The summed E-state index contributed by atoms with van der Waals surface area (Å²) in [5, 5.41) is 0.330. The van der Waals surface area contributed by atoms with Crippen LogP contribution in [0.3, 0.4) is 0 Å². The average molecular weight is 422 g/mol. The normalized spacial score (nSPS) is 19.8. The second-order valence-corrected chi connectivity index (χ2v) is 9.95. The second kappa shape index (κ2) is 7.50. The van der Waals surface area contributed by atoms with Crippen LogP contribution >= 0.6 is 11.6 Å². The van der Waals surface area contributed by atoms with Crippen molar-refractivity contribution in [2.75, 3.05) is 29.3 Å². The molecule has 2 fully saturated rings. The fourth-order valence-corrected chi connectivity index (χ4v) is 4.94. The van der Waals surface area contributed by atoms with Crippen LogP contribution in [0.1, 0.15) is 24.8 Å². The van der Waals surface area contributed by atoms with E-state index < -0.39 is 10.0 Å². The van der Waals surface area contributed by atoms with E-state index in [-0.39, 0.29) is 5.25 Å². The zero-order valence-corrected chi connectivity index (χ0v) is 17.3. The first-order valence-electron chi connectivity index (χ1n) is 9.47. The molecule has 0 bridgehead atoms. The van der Waals surface area contributed by atoms with Gasteiger partial charge in [0.15, 0.2) is 11.6 Å². The molecule has 1 aliphatic heterocycles. The number of nitrogens with one attached hydrogen (secondary N) is 1. The summed E-state index contributed by atoms with van der Waals surface area (Å²) in [5.41, 5.74) is 8.02. The van der Waals surface area contributed by atoms with Crippen LogP contribution in [0.25, 0.3) is 11.4 Å². The minimum atomic E-state index is -3.40. The van der Waals surface area contributed by atoms with Gasteiger partial charge in [0.25, 0.3) is 0 Å². The van der Waals surface area contributed by atoms with Gasteiger partial charge in [-0.05, 0) is 50.3 Å². The molecule has 1 unspecified atom stereocenters. The summed E-state index contributed by atoms with van der Waals surface area (Å²) in [6.45, 7) is 4.07. The number of rotatable bonds is 6. The lowest BCUT2D eigenvalue weighted by molar-refractivity contribution is 0.599. The molecule has 4 rings (SSSR count). The summed E-state index contributed by atoms with van der Waals surface area (Å²) >= 11 is 6.26. The molecule has 1 aliphatic carbocycles. The third-order valence-electron chi connectivity index (χ3n) is 5.33. The van der Waals surface area contributed by atoms with Crippen LogP contribution in [0.4, 0.5) is 11.5 Å². The van der Waals surface area contributed by atoms with Gasteiger partial charge in [0.05, 0.1) is 11.4 Å². The molecule has 7 nitrogen and oxygen atoms in total. The Morgan fingerprint density at radius 2 is 2.11 bits per heavy atom. The average Bonchev–Trinajstić information content (AvgIpc) is 3.43. The topological polar surface area (TPSA) is 101 Å². The van der Waals surface area contributed by atoms with E-state index in [9.17, 15) is 8.42 Å². The number of benzene rings is 1. The molecule has 3 N–H and O–H groups in total. The summed E-state index contributed by atoms with van der Waals surface area (Å²) in [7, 11) is -3.40. The number of hydrogen-bond acceptors (Lipinski definition) is 6. The van der Waals surface area contributed by atoms with Crippen molar-refractivity contribution in [3.05, 3.63) is 35.0 Å². The molecular formula is C19H24ClN5O2S. The fourth-order valence-electron chi connectivity index (χ4n) is 3.39. The number of anilines is 2. The van der Waals surface area contributed by atoms with Crippen molar-refractivity contribution in [3.63, 3.8) is 0 Å². The first-order valence-corrected chi connectivity index (χ1v) is 11.4.